The standard InChI is InChI=1S/C60H39ClN8O5/c1-31-8-2-5-11-48(31)64-60(73)47-27-33-15-23-44-42-10-4-7-13-50(42)63-54(44)52(33)56(59(47)72)68-66-38-21-25-40-39-24-20-37(28-45(39)58(71)46(40)29-38)65-67-55-51-32(14-22-43-41-9-3-6-12-49(41)62-53(43)51)26-34(57(55)70)30-74-69-36-18-16-35(61)17-19-36/h2-29,62-63,69-70,72H,30H2,1H3,(H,64,73). The summed E-state index contributed by atoms with van der Waals surface area (Å²) in [5.41, 5.74) is 12.3. The van der Waals surface area contributed by atoms with Crippen molar-refractivity contribution in [3.05, 3.63) is 203 Å². The summed E-state index contributed by atoms with van der Waals surface area (Å²) in [5, 5.41) is 52.7. The molecule has 0 spiro atoms. The van der Waals surface area contributed by atoms with Crippen LogP contribution in [-0.4, -0.2) is 31.9 Å². The highest BCUT2D eigenvalue weighted by Gasteiger charge is 2.28. The number of H-pyrrole nitrogens is 2. The van der Waals surface area contributed by atoms with Crippen molar-refractivity contribution in [3.63, 3.8) is 0 Å². The summed E-state index contributed by atoms with van der Waals surface area (Å²) in [6.07, 6.45) is 0. The molecule has 10 aromatic carbocycles. The number of hydrogen-bond acceptors (Lipinski definition) is 10. The van der Waals surface area contributed by atoms with Gasteiger partial charge in [-0.05, 0) is 113 Å². The van der Waals surface area contributed by atoms with Crippen LogP contribution in [0.25, 0.3) is 76.3 Å². The van der Waals surface area contributed by atoms with Crippen LogP contribution in [0.3, 0.4) is 0 Å². The molecule has 0 saturated heterocycles. The number of aromatic nitrogens is 2. The fourth-order valence-electron chi connectivity index (χ4n) is 10.1. The quantitative estimate of drug-likeness (QED) is 0.0584. The van der Waals surface area contributed by atoms with E-state index in [1.54, 1.807) is 60.7 Å². The van der Waals surface area contributed by atoms with Gasteiger partial charge in [-0.3, -0.25) is 19.9 Å². The van der Waals surface area contributed by atoms with Gasteiger partial charge in [-0.15, -0.1) is 10.2 Å². The van der Waals surface area contributed by atoms with Gasteiger partial charge < -0.3 is 25.5 Å². The number of anilines is 2. The van der Waals surface area contributed by atoms with Gasteiger partial charge >= 0.3 is 0 Å². The molecule has 2 heterocycles. The molecular formula is C60H39ClN8O5. The molecule has 0 aliphatic heterocycles. The number of hydrogen-bond donors (Lipinski definition) is 6. The third kappa shape index (κ3) is 7.45. The molecular weight excluding hydrogens is 948 g/mol. The van der Waals surface area contributed by atoms with Crippen LogP contribution in [0.1, 0.15) is 37.4 Å². The Morgan fingerprint density at radius 1 is 0.581 bits per heavy atom. The van der Waals surface area contributed by atoms with E-state index in [-0.39, 0.29) is 40.8 Å². The van der Waals surface area contributed by atoms with Crippen LogP contribution in [0.5, 0.6) is 11.5 Å². The van der Waals surface area contributed by atoms with E-state index in [9.17, 15) is 19.8 Å². The number of aromatic amines is 2. The van der Waals surface area contributed by atoms with Crippen LogP contribution in [-0.2, 0) is 11.4 Å². The van der Waals surface area contributed by atoms with E-state index < -0.39 is 5.91 Å². The lowest BCUT2D eigenvalue weighted by Gasteiger charge is -2.13. The SMILES string of the molecule is Cc1ccccc1NC(=O)c1cc2ccc3c4ccccc4[nH]c3c2c(N=Nc2ccc3c(c2)C(=O)c2cc(N=Nc4c(O)c(CONc5ccc(Cl)cc5)cc5ccc6c7ccccc7[nH]c6c45)ccc2-3)c1O. The number of benzene rings is 10. The fraction of sp³-hybridized carbons (Fsp3) is 0.0333. The summed E-state index contributed by atoms with van der Waals surface area (Å²) in [6, 6.07) is 52.4. The Hall–Kier alpha value is -9.69. The molecule has 0 unspecified atom stereocenters. The van der Waals surface area contributed by atoms with Crippen LogP contribution in [0.4, 0.5) is 34.1 Å². The Bertz CT molecular complexity index is 4430. The van der Waals surface area contributed by atoms with Crippen LogP contribution < -0.4 is 10.8 Å². The zero-order valence-corrected chi connectivity index (χ0v) is 39.9. The van der Waals surface area contributed by atoms with Crippen molar-refractivity contribution < 1.29 is 24.6 Å². The monoisotopic (exact) mass is 986 g/mol. The highest BCUT2D eigenvalue weighted by atomic mass is 35.5. The number of aryl methyl sites for hydroxylation is 1. The Kier molecular flexibility index (Phi) is 10.5. The molecule has 0 radical (unpaired) electrons. The number of carbonyl (C=O) groups excluding carboxylic acids is 2. The number of phenolic OH excluding ortho intramolecular Hbond substituents is 2. The number of rotatable bonds is 10. The lowest BCUT2D eigenvalue weighted by Crippen LogP contribution is -2.13. The topological polar surface area (TPSA) is 189 Å². The minimum Gasteiger partial charge on any atom is -0.505 e. The second kappa shape index (κ2) is 17.6. The van der Waals surface area contributed by atoms with E-state index in [1.165, 1.54) is 0 Å². The molecule has 1 amide bonds. The molecule has 0 saturated carbocycles. The fourth-order valence-corrected chi connectivity index (χ4v) is 10.2. The maximum atomic E-state index is 14.3. The van der Waals surface area contributed by atoms with Gasteiger partial charge in [0.05, 0.1) is 33.7 Å². The maximum Gasteiger partial charge on any atom is 0.259 e. The number of aromatic hydroxyl groups is 2. The summed E-state index contributed by atoms with van der Waals surface area (Å²) < 4.78 is 0. The normalized spacial score (nSPS) is 12.4. The number of azo groups is 2. The number of nitrogens with zero attached hydrogens (tertiary/aromatic N) is 4. The molecule has 14 heteroatoms. The molecule has 1 aliphatic carbocycles. The molecule has 0 fully saturated rings. The van der Waals surface area contributed by atoms with Gasteiger partial charge in [0.15, 0.2) is 11.5 Å². The number of fused-ring (bicyclic) bond motifs is 13. The number of halogens is 1. The zero-order chi connectivity index (χ0) is 50.2. The number of amides is 1. The zero-order valence-electron chi connectivity index (χ0n) is 39.2. The highest BCUT2D eigenvalue weighted by molar-refractivity contribution is 6.30. The van der Waals surface area contributed by atoms with Gasteiger partial charge in [0.25, 0.3) is 5.91 Å². The van der Waals surface area contributed by atoms with Crippen molar-refractivity contribution in [1.29, 1.82) is 0 Å². The first-order chi connectivity index (χ1) is 36.1. The van der Waals surface area contributed by atoms with Crippen molar-refractivity contribution >= 4 is 123 Å². The van der Waals surface area contributed by atoms with Crippen molar-refractivity contribution in [2.45, 2.75) is 13.5 Å². The molecule has 2 aromatic heterocycles. The van der Waals surface area contributed by atoms with E-state index in [1.807, 2.05) is 116 Å². The molecule has 74 heavy (non-hydrogen) atoms. The van der Waals surface area contributed by atoms with Gasteiger partial charge in [-0.1, -0.05) is 103 Å². The summed E-state index contributed by atoms with van der Waals surface area (Å²) in [4.78, 5) is 41.1. The summed E-state index contributed by atoms with van der Waals surface area (Å²) in [6.45, 7) is 1.89. The molecule has 13 nitrogen and oxygen atoms in total. The van der Waals surface area contributed by atoms with Gasteiger partial charge in [0, 0.05) is 70.8 Å². The van der Waals surface area contributed by atoms with Gasteiger partial charge in [0.2, 0.25) is 0 Å². The number of ketones is 1. The predicted molar refractivity (Wildman–Crippen MR) is 293 cm³/mol. The summed E-state index contributed by atoms with van der Waals surface area (Å²) in [5.74, 6) is -1.21. The van der Waals surface area contributed by atoms with E-state index in [4.69, 9.17) is 21.6 Å². The molecule has 6 N–H and O–H groups in total. The van der Waals surface area contributed by atoms with Crippen LogP contribution in [0.2, 0.25) is 5.02 Å². The number of nitrogens with one attached hydrogen (secondary N) is 4. The molecule has 356 valence electrons. The van der Waals surface area contributed by atoms with Gasteiger partial charge in [-0.2, -0.15) is 10.2 Å². The minimum absolute atomic E-state index is 0.00538. The van der Waals surface area contributed by atoms with Crippen LogP contribution in [0.15, 0.2) is 190 Å². The number of carbonyl (C=O) groups is 2. The molecule has 0 atom stereocenters. The summed E-state index contributed by atoms with van der Waals surface area (Å²) in [7, 11) is 0. The smallest absolute Gasteiger partial charge is 0.259 e. The van der Waals surface area contributed by atoms with E-state index in [2.05, 4.69) is 36.1 Å². The van der Waals surface area contributed by atoms with Crippen LogP contribution >= 0.6 is 11.6 Å². The molecule has 0 bridgehead atoms. The molecule has 1 aliphatic rings. The Labute approximate surface area is 425 Å². The highest BCUT2D eigenvalue weighted by Crippen LogP contribution is 2.47. The Morgan fingerprint density at radius 2 is 1.14 bits per heavy atom. The third-order valence-electron chi connectivity index (χ3n) is 13.8. The number of para-hydroxylation sites is 3. The first-order valence-corrected chi connectivity index (χ1v) is 24.1. The summed E-state index contributed by atoms with van der Waals surface area (Å²) >= 11 is 6.07. The molecule has 13 rings (SSSR count). The number of phenols is 2. The Morgan fingerprint density at radius 3 is 1.74 bits per heavy atom. The van der Waals surface area contributed by atoms with E-state index in [0.29, 0.717) is 71.7 Å². The van der Waals surface area contributed by atoms with Crippen molar-refractivity contribution in [2.75, 3.05) is 10.8 Å². The van der Waals surface area contributed by atoms with Crippen molar-refractivity contribution in [1.82, 2.24) is 9.97 Å². The predicted octanol–water partition coefficient (Wildman–Crippen LogP) is 16.5. The second-order valence-corrected chi connectivity index (χ2v) is 18.7. The van der Waals surface area contributed by atoms with E-state index in [0.717, 1.165) is 54.6 Å². The minimum atomic E-state index is -0.509. The van der Waals surface area contributed by atoms with E-state index >= 15 is 0 Å². The van der Waals surface area contributed by atoms with Gasteiger partial charge in [0.1, 0.15) is 23.7 Å². The molecule has 12 aromatic rings. The lowest BCUT2D eigenvalue weighted by atomic mass is 10.00. The first-order valence-electron chi connectivity index (χ1n) is 23.7. The van der Waals surface area contributed by atoms with Crippen molar-refractivity contribution in [3.8, 4) is 22.6 Å². The third-order valence-corrected chi connectivity index (χ3v) is 14.0. The van der Waals surface area contributed by atoms with Crippen LogP contribution in [0, 0.1) is 6.92 Å². The average Bonchev–Trinajstić information content (AvgIpc) is 4.10. The second-order valence-electron chi connectivity index (χ2n) is 18.2. The van der Waals surface area contributed by atoms with Gasteiger partial charge in [-0.25, -0.2) is 0 Å². The maximum absolute atomic E-state index is 14.3. The lowest BCUT2D eigenvalue weighted by molar-refractivity contribution is 0.102. The Balaban J connectivity index is 0.843. The largest absolute Gasteiger partial charge is 0.505 e. The van der Waals surface area contributed by atoms with Crippen molar-refractivity contribution in [2.24, 2.45) is 20.5 Å². The average molecular weight is 987 g/mol. The first kappa shape index (κ1) is 44.3.